The first kappa shape index (κ1) is 15.0. The predicted octanol–water partition coefficient (Wildman–Crippen LogP) is 2.34. The number of hydrogen-bond acceptors (Lipinski definition) is 6. The normalized spacial score (nSPS) is 12.3. The number of carboxylic acid groups (broad SMARTS) is 1. The molecule has 0 aliphatic heterocycles. The first-order valence-corrected chi connectivity index (χ1v) is 7.18. The highest BCUT2D eigenvalue weighted by Gasteiger charge is 2.21. The van der Waals surface area contributed by atoms with E-state index in [1.54, 1.807) is 13.8 Å². The van der Waals surface area contributed by atoms with Gasteiger partial charge in [0.15, 0.2) is 17.2 Å². The quantitative estimate of drug-likeness (QED) is 0.745. The van der Waals surface area contributed by atoms with Crippen molar-refractivity contribution in [1.29, 1.82) is 0 Å². The summed E-state index contributed by atoms with van der Waals surface area (Å²) in [7, 11) is 0. The van der Waals surface area contributed by atoms with Crippen molar-refractivity contribution in [3.63, 3.8) is 0 Å². The molecule has 0 bridgehead atoms. The van der Waals surface area contributed by atoms with Crippen LogP contribution in [0.15, 0.2) is 34.7 Å². The molecule has 0 fully saturated rings. The second-order valence-electron chi connectivity index (χ2n) is 5.23. The van der Waals surface area contributed by atoms with Crippen molar-refractivity contribution in [2.45, 2.75) is 26.3 Å². The van der Waals surface area contributed by atoms with Crippen molar-refractivity contribution in [3.05, 3.63) is 47.6 Å². The maximum absolute atomic E-state index is 11.6. The molecule has 1 atom stereocenters. The van der Waals surface area contributed by atoms with Crippen LogP contribution < -0.4 is 5.32 Å². The summed E-state index contributed by atoms with van der Waals surface area (Å²) in [4.78, 5) is 24.2. The number of nitrogens with one attached hydrogen (secondary N) is 1. The van der Waals surface area contributed by atoms with Gasteiger partial charge in [-0.1, -0.05) is 30.3 Å². The maximum Gasteiger partial charge on any atom is 0.326 e. The van der Waals surface area contributed by atoms with Gasteiger partial charge in [-0.25, -0.2) is 14.8 Å². The number of oxazole rings is 1. The first-order chi connectivity index (χ1) is 11.0. The summed E-state index contributed by atoms with van der Waals surface area (Å²) in [5.41, 5.74) is 1.71. The highest BCUT2D eigenvalue weighted by Crippen LogP contribution is 2.21. The SMILES string of the molecule is Cc1nc(N[C@H](Cc2ccccc2)C(=O)O)c2nc(C)oc2n1. The molecule has 0 saturated carbocycles. The Labute approximate surface area is 132 Å². The molecule has 0 saturated heterocycles. The van der Waals surface area contributed by atoms with Gasteiger partial charge < -0.3 is 14.8 Å². The van der Waals surface area contributed by atoms with Crippen molar-refractivity contribution >= 4 is 23.0 Å². The number of carboxylic acids is 1. The molecular weight excluding hydrogens is 296 g/mol. The second-order valence-corrected chi connectivity index (χ2v) is 5.23. The van der Waals surface area contributed by atoms with Crippen LogP contribution in [0.5, 0.6) is 0 Å². The summed E-state index contributed by atoms with van der Waals surface area (Å²) in [6, 6.07) is 8.59. The third-order valence-corrected chi connectivity index (χ3v) is 3.37. The molecule has 1 aromatic carbocycles. The van der Waals surface area contributed by atoms with E-state index >= 15 is 0 Å². The van der Waals surface area contributed by atoms with Crippen molar-refractivity contribution in [2.24, 2.45) is 0 Å². The summed E-state index contributed by atoms with van der Waals surface area (Å²) < 4.78 is 5.40. The van der Waals surface area contributed by atoms with Crippen LogP contribution >= 0.6 is 0 Å². The van der Waals surface area contributed by atoms with E-state index < -0.39 is 12.0 Å². The molecule has 0 spiro atoms. The van der Waals surface area contributed by atoms with Gasteiger partial charge in [0.2, 0.25) is 0 Å². The Balaban J connectivity index is 1.93. The number of aliphatic carboxylic acids is 1. The standard InChI is InChI=1S/C16H16N4O3/c1-9-17-14(13-15(18-9)23-10(2)19-13)20-12(16(21)22)8-11-6-4-3-5-7-11/h3-7,12H,8H2,1-2H3,(H,21,22)(H,17,18,20)/t12-/m1/s1. The van der Waals surface area contributed by atoms with Gasteiger partial charge >= 0.3 is 5.97 Å². The molecule has 0 aliphatic carbocycles. The van der Waals surface area contributed by atoms with Crippen LogP contribution in [0.4, 0.5) is 5.82 Å². The molecule has 7 nitrogen and oxygen atoms in total. The van der Waals surface area contributed by atoms with E-state index in [1.165, 1.54) is 0 Å². The smallest absolute Gasteiger partial charge is 0.326 e. The zero-order chi connectivity index (χ0) is 16.4. The average molecular weight is 312 g/mol. The first-order valence-electron chi connectivity index (χ1n) is 7.18. The molecule has 3 rings (SSSR count). The van der Waals surface area contributed by atoms with E-state index in [0.29, 0.717) is 35.2 Å². The van der Waals surface area contributed by atoms with Gasteiger partial charge in [-0.15, -0.1) is 0 Å². The van der Waals surface area contributed by atoms with Crippen LogP contribution in [-0.2, 0) is 11.2 Å². The van der Waals surface area contributed by atoms with E-state index in [2.05, 4.69) is 20.3 Å². The Bertz CT molecular complexity index is 845. The summed E-state index contributed by atoms with van der Waals surface area (Å²) in [6.07, 6.45) is 0.331. The molecule has 2 aromatic heterocycles. The molecule has 3 aromatic rings. The van der Waals surface area contributed by atoms with Gasteiger partial charge in [0, 0.05) is 13.3 Å². The third-order valence-electron chi connectivity index (χ3n) is 3.37. The molecule has 23 heavy (non-hydrogen) atoms. The fourth-order valence-electron chi connectivity index (χ4n) is 2.35. The van der Waals surface area contributed by atoms with Gasteiger partial charge in [0.25, 0.3) is 5.71 Å². The minimum atomic E-state index is -0.960. The fraction of sp³-hybridized carbons (Fsp3) is 0.250. The number of rotatable bonds is 5. The number of benzene rings is 1. The van der Waals surface area contributed by atoms with Crippen LogP contribution in [0.3, 0.4) is 0 Å². The average Bonchev–Trinajstić information content (AvgIpc) is 2.87. The summed E-state index contributed by atoms with van der Waals surface area (Å²) in [5, 5.41) is 12.4. The summed E-state index contributed by atoms with van der Waals surface area (Å²) in [6.45, 7) is 3.43. The van der Waals surface area contributed by atoms with E-state index in [4.69, 9.17) is 4.42 Å². The topological polar surface area (TPSA) is 101 Å². The number of carbonyl (C=O) groups is 1. The summed E-state index contributed by atoms with van der Waals surface area (Å²) in [5.74, 6) is 0.351. The number of anilines is 1. The third kappa shape index (κ3) is 3.28. The monoisotopic (exact) mass is 312 g/mol. The molecule has 2 heterocycles. The molecule has 7 heteroatoms. The number of hydrogen-bond donors (Lipinski definition) is 2. The minimum Gasteiger partial charge on any atom is -0.480 e. The number of aromatic nitrogens is 3. The Kier molecular flexibility index (Phi) is 3.92. The van der Waals surface area contributed by atoms with Crippen molar-refractivity contribution in [1.82, 2.24) is 15.0 Å². The molecule has 0 unspecified atom stereocenters. The van der Waals surface area contributed by atoms with Gasteiger partial charge in [-0.05, 0) is 12.5 Å². The summed E-state index contributed by atoms with van der Waals surface area (Å²) >= 11 is 0. The molecular formula is C16H16N4O3. The van der Waals surface area contributed by atoms with E-state index in [9.17, 15) is 9.90 Å². The van der Waals surface area contributed by atoms with Crippen molar-refractivity contribution < 1.29 is 14.3 Å². The Morgan fingerprint density at radius 2 is 1.96 bits per heavy atom. The zero-order valence-electron chi connectivity index (χ0n) is 12.8. The lowest BCUT2D eigenvalue weighted by Crippen LogP contribution is -2.32. The largest absolute Gasteiger partial charge is 0.480 e. The number of fused-ring (bicyclic) bond motifs is 1. The van der Waals surface area contributed by atoms with Gasteiger partial charge in [0.05, 0.1) is 0 Å². The number of nitrogens with zero attached hydrogens (tertiary/aromatic N) is 3. The molecule has 0 amide bonds. The Hall–Kier alpha value is -2.96. The lowest BCUT2D eigenvalue weighted by Gasteiger charge is -2.15. The highest BCUT2D eigenvalue weighted by atomic mass is 16.4. The Morgan fingerprint density at radius 1 is 1.22 bits per heavy atom. The number of aryl methyl sites for hydroxylation is 2. The van der Waals surface area contributed by atoms with Gasteiger partial charge in [-0.3, -0.25) is 0 Å². The van der Waals surface area contributed by atoms with Crippen molar-refractivity contribution in [2.75, 3.05) is 5.32 Å². The molecule has 2 N–H and O–H groups in total. The molecule has 118 valence electrons. The minimum absolute atomic E-state index is 0.331. The second kappa shape index (κ2) is 6.04. The van der Waals surface area contributed by atoms with Crippen LogP contribution in [0, 0.1) is 13.8 Å². The lowest BCUT2D eigenvalue weighted by molar-refractivity contribution is -0.137. The fourth-order valence-corrected chi connectivity index (χ4v) is 2.35. The zero-order valence-corrected chi connectivity index (χ0v) is 12.8. The highest BCUT2D eigenvalue weighted by molar-refractivity contribution is 5.85. The Morgan fingerprint density at radius 3 is 2.65 bits per heavy atom. The van der Waals surface area contributed by atoms with Crippen LogP contribution in [0.1, 0.15) is 17.3 Å². The van der Waals surface area contributed by atoms with Crippen LogP contribution in [-0.4, -0.2) is 32.1 Å². The van der Waals surface area contributed by atoms with Crippen LogP contribution in [0.2, 0.25) is 0 Å². The molecule has 0 radical (unpaired) electrons. The molecule has 0 aliphatic rings. The van der Waals surface area contributed by atoms with E-state index in [1.807, 2.05) is 30.3 Å². The lowest BCUT2D eigenvalue weighted by atomic mass is 10.1. The predicted molar refractivity (Wildman–Crippen MR) is 84.3 cm³/mol. The van der Waals surface area contributed by atoms with E-state index in [-0.39, 0.29) is 0 Å². The van der Waals surface area contributed by atoms with E-state index in [0.717, 1.165) is 5.56 Å². The van der Waals surface area contributed by atoms with Gasteiger partial charge in [0.1, 0.15) is 11.9 Å². The van der Waals surface area contributed by atoms with Crippen molar-refractivity contribution in [3.8, 4) is 0 Å². The van der Waals surface area contributed by atoms with Gasteiger partial charge in [-0.2, -0.15) is 4.98 Å². The maximum atomic E-state index is 11.6. The van der Waals surface area contributed by atoms with Crippen LogP contribution in [0.25, 0.3) is 11.2 Å².